The van der Waals surface area contributed by atoms with E-state index in [9.17, 15) is 15.3 Å². The van der Waals surface area contributed by atoms with E-state index in [4.69, 9.17) is 16.5 Å². The number of thioether (sulfide) groups is 1. The van der Waals surface area contributed by atoms with Crippen LogP contribution in [0.5, 0.6) is 0 Å². The summed E-state index contributed by atoms with van der Waals surface area (Å²) in [6.07, 6.45) is 2.33. The van der Waals surface area contributed by atoms with Gasteiger partial charge in [0.1, 0.15) is 28.2 Å². The second-order valence-corrected chi connectivity index (χ2v) is 8.30. The number of piperidine rings is 1. The molecule has 1 unspecified atom stereocenters. The average Bonchev–Trinajstić information content (AvgIpc) is 2.76. The van der Waals surface area contributed by atoms with Crippen LogP contribution in [0.25, 0.3) is 0 Å². The van der Waals surface area contributed by atoms with E-state index in [0.717, 1.165) is 36.7 Å². The molecule has 1 aromatic carbocycles. The Morgan fingerprint density at radius 1 is 1.30 bits per heavy atom. The maximum absolute atomic E-state index is 12.2. The number of nitriles is 2. The lowest BCUT2D eigenvalue weighted by Gasteiger charge is -2.33. The minimum Gasteiger partial charge on any atom is -0.368 e. The molecule has 2 heterocycles. The summed E-state index contributed by atoms with van der Waals surface area (Å²) in [5, 5.41) is 19.4. The van der Waals surface area contributed by atoms with Crippen LogP contribution >= 0.6 is 11.8 Å². The molecule has 7 nitrogen and oxygen atoms in total. The number of anilines is 1. The number of nitrogens with zero attached hydrogens (tertiary/aromatic N) is 4. The fourth-order valence-electron chi connectivity index (χ4n) is 3.73. The molecule has 1 aromatic heterocycles. The Kier molecular flexibility index (Phi) is 6.94. The summed E-state index contributed by atoms with van der Waals surface area (Å²) < 4.78 is 0. The number of pyridine rings is 1. The number of carbonyl (C=O) groups excluding carboxylic acids is 1. The van der Waals surface area contributed by atoms with Crippen LogP contribution < -0.4 is 16.4 Å². The van der Waals surface area contributed by atoms with Gasteiger partial charge < -0.3 is 16.4 Å². The quantitative estimate of drug-likeness (QED) is 0.686. The van der Waals surface area contributed by atoms with E-state index in [2.05, 4.69) is 12.1 Å². The predicted octanol–water partition coefficient (Wildman–Crippen LogP) is 2.63. The second-order valence-electron chi connectivity index (χ2n) is 7.21. The molecular formula is C22H24N6OS. The van der Waals surface area contributed by atoms with Crippen LogP contribution in [0, 0.1) is 22.7 Å². The molecule has 1 saturated heterocycles. The average molecular weight is 421 g/mol. The van der Waals surface area contributed by atoms with Crippen LogP contribution in [0.15, 0.2) is 35.4 Å². The Hall–Kier alpha value is -3.07. The van der Waals surface area contributed by atoms with E-state index >= 15 is 0 Å². The fraction of sp³-hybridized carbons (Fsp3) is 0.364. The molecule has 1 amide bonds. The molecule has 2 aromatic rings. The van der Waals surface area contributed by atoms with Crippen LogP contribution in [0.3, 0.4) is 0 Å². The normalized spacial score (nSPS) is 17.1. The van der Waals surface area contributed by atoms with Gasteiger partial charge in [-0.1, -0.05) is 49.0 Å². The van der Waals surface area contributed by atoms with E-state index in [0.29, 0.717) is 40.5 Å². The van der Waals surface area contributed by atoms with Gasteiger partial charge in [-0.15, -0.1) is 0 Å². The topological polar surface area (TPSA) is 133 Å². The van der Waals surface area contributed by atoms with E-state index in [1.165, 1.54) is 0 Å². The summed E-state index contributed by atoms with van der Waals surface area (Å²) in [5.74, 6) is 0.0168. The number of aromatic nitrogens is 1. The molecule has 3 rings (SSSR count). The lowest BCUT2D eigenvalue weighted by atomic mass is 10.00. The molecule has 1 aliphatic rings. The lowest BCUT2D eigenvalue weighted by molar-refractivity contribution is -0.117. The number of hydrogen-bond donors (Lipinski definition) is 2. The van der Waals surface area contributed by atoms with Crippen LogP contribution in [0.4, 0.5) is 5.82 Å². The van der Waals surface area contributed by atoms with Crippen molar-refractivity contribution in [3.8, 4) is 12.1 Å². The van der Waals surface area contributed by atoms with Gasteiger partial charge in [0.25, 0.3) is 0 Å². The third-order valence-electron chi connectivity index (χ3n) is 5.17. The van der Waals surface area contributed by atoms with Gasteiger partial charge in [-0.25, -0.2) is 4.98 Å². The summed E-state index contributed by atoms with van der Waals surface area (Å²) >= 11 is 1.15. The fourth-order valence-corrected chi connectivity index (χ4v) is 4.79. The molecule has 2 atom stereocenters. The number of hydrogen-bond acceptors (Lipinski definition) is 7. The van der Waals surface area contributed by atoms with Crippen molar-refractivity contribution in [2.24, 2.45) is 11.5 Å². The molecule has 30 heavy (non-hydrogen) atoms. The summed E-state index contributed by atoms with van der Waals surface area (Å²) in [6.45, 7) is 3.24. The van der Waals surface area contributed by atoms with Crippen LogP contribution in [0.1, 0.15) is 47.3 Å². The Balaban J connectivity index is 2.13. The number of amides is 1. The number of rotatable bonds is 6. The highest BCUT2D eigenvalue weighted by molar-refractivity contribution is 8.00. The zero-order valence-electron chi connectivity index (χ0n) is 16.8. The Morgan fingerprint density at radius 3 is 2.57 bits per heavy atom. The van der Waals surface area contributed by atoms with Gasteiger partial charge in [-0.2, -0.15) is 10.5 Å². The van der Waals surface area contributed by atoms with Crippen molar-refractivity contribution in [2.75, 3.05) is 18.0 Å². The molecule has 1 fully saturated rings. The Morgan fingerprint density at radius 2 is 2.00 bits per heavy atom. The van der Waals surface area contributed by atoms with E-state index in [1.807, 2.05) is 42.2 Å². The van der Waals surface area contributed by atoms with Gasteiger partial charge in [0, 0.05) is 19.1 Å². The molecule has 0 bridgehead atoms. The zero-order valence-corrected chi connectivity index (χ0v) is 17.7. The van der Waals surface area contributed by atoms with Crippen molar-refractivity contribution in [1.82, 2.24) is 4.98 Å². The first-order chi connectivity index (χ1) is 14.5. The minimum absolute atomic E-state index is 0.00611. The number of carbonyl (C=O) groups is 1. The molecule has 0 radical (unpaired) electrons. The van der Waals surface area contributed by atoms with Gasteiger partial charge in [0.2, 0.25) is 5.91 Å². The first kappa shape index (κ1) is 21.6. The molecular weight excluding hydrogens is 396 g/mol. The van der Waals surface area contributed by atoms with Crippen LogP contribution in [-0.2, 0) is 11.2 Å². The van der Waals surface area contributed by atoms with Crippen molar-refractivity contribution < 1.29 is 4.79 Å². The highest BCUT2D eigenvalue weighted by Gasteiger charge is 2.28. The van der Waals surface area contributed by atoms with Crippen LogP contribution in [-0.4, -0.2) is 30.0 Å². The van der Waals surface area contributed by atoms with Crippen molar-refractivity contribution in [3.63, 3.8) is 0 Å². The molecule has 4 N–H and O–H groups in total. The third-order valence-corrected chi connectivity index (χ3v) is 6.43. The van der Waals surface area contributed by atoms with E-state index in [1.54, 1.807) is 0 Å². The standard InChI is InChI=1S/C22H24N6OS/c1-2-16-17(11-23)21(28-10-6-9-15(25)13-28)27-22(18(16)12-24)30-19(20(26)29)14-7-4-3-5-8-14/h3-5,7-8,15,19H,2,6,9-10,13,25H2,1H3,(H2,26,29)/t15-,19?/m0/s1. The maximum Gasteiger partial charge on any atom is 0.235 e. The summed E-state index contributed by atoms with van der Waals surface area (Å²) in [4.78, 5) is 18.9. The van der Waals surface area contributed by atoms with Crippen LogP contribution in [0.2, 0.25) is 0 Å². The first-order valence-corrected chi connectivity index (χ1v) is 10.8. The summed E-state index contributed by atoms with van der Waals surface area (Å²) in [6, 6.07) is 13.6. The van der Waals surface area contributed by atoms with Crippen molar-refractivity contribution in [1.29, 1.82) is 10.5 Å². The van der Waals surface area contributed by atoms with Gasteiger partial charge in [0.15, 0.2) is 0 Å². The molecule has 8 heteroatoms. The second kappa shape index (κ2) is 9.62. The number of benzene rings is 1. The third kappa shape index (κ3) is 4.40. The highest BCUT2D eigenvalue weighted by Crippen LogP contribution is 2.39. The Labute approximate surface area is 180 Å². The molecule has 0 saturated carbocycles. The molecule has 0 spiro atoms. The highest BCUT2D eigenvalue weighted by atomic mass is 32.2. The van der Waals surface area contributed by atoms with Gasteiger partial charge in [0.05, 0.1) is 11.1 Å². The van der Waals surface area contributed by atoms with Gasteiger partial charge in [-0.05, 0) is 30.4 Å². The largest absolute Gasteiger partial charge is 0.368 e. The Bertz CT molecular complexity index is 1010. The number of nitrogens with two attached hydrogens (primary N) is 2. The van der Waals surface area contributed by atoms with Gasteiger partial charge in [-0.3, -0.25) is 4.79 Å². The van der Waals surface area contributed by atoms with E-state index in [-0.39, 0.29) is 6.04 Å². The molecule has 154 valence electrons. The van der Waals surface area contributed by atoms with E-state index < -0.39 is 11.2 Å². The summed E-state index contributed by atoms with van der Waals surface area (Å²) in [7, 11) is 0. The lowest BCUT2D eigenvalue weighted by Crippen LogP contribution is -2.43. The monoisotopic (exact) mass is 420 g/mol. The number of primary amides is 1. The zero-order chi connectivity index (χ0) is 21.7. The molecule has 0 aliphatic carbocycles. The summed E-state index contributed by atoms with van der Waals surface area (Å²) in [5.41, 5.74) is 13.9. The smallest absolute Gasteiger partial charge is 0.235 e. The van der Waals surface area contributed by atoms with Gasteiger partial charge >= 0.3 is 0 Å². The van der Waals surface area contributed by atoms with Crippen molar-refractivity contribution in [2.45, 2.75) is 42.5 Å². The predicted molar refractivity (Wildman–Crippen MR) is 117 cm³/mol. The van der Waals surface area contributed by atoms with Crippen molar-refractivity contribution in [3.05, 3.63) is 52.6 Å². The minimum atomic E-state index is -0.695. The first-order valence-electron chi connectivity index (χ1n) is 9.88. The molecule has 1 aliphatic heterocycles. The SMILES string of the molecule is CCc1c(C#N)c(SC(C(N)=O)c2ccccc2)nc(N2CCC[C@H](N)C2)c1C#N. The van der Waals surface area contributed by atoms with Crippen molar-refractivity contribution >= 4 is 23.5 Å². The maximum atomic E-state index is 12.2.